The molecule has 4 nitrogen and oxygen atoms in total. The Morgan fingerprint density at radius 3 is 1.81 bits per heavy atom. The molecule has 9 heteroatoms. The van der Waals surface area contributed by atoms with Gasteiger partial charge < -0.3 is 35.0 Å². The Hall–Kier alpha value is 1.01. The minimum atomic E-state index is -1.68. The Labute approximate surface area is 141 Å². The van der Waals surface area contributed by atoms with Crippen LogP contribution in [0, 0.1) is 0 Å². The van der Waals surface area contributed by atoms with Gasteiger partial charge in [-0.15, -0.1) is 0 Å². The van der Waals surface area contributed by atoms with E-state index in [1.807, 2.05) is 19.6 Å². The predicted octanol–water partition coefficient (Wildman–Crippen LogP) is -7.58. The monoisotopic (exact) mass is 300 g/mol. The van der Waals surface area contributed by atoms with E-state index in [-0.39, 0.29) is 70.9 Å². The first kappa shape index (κ1) is 25.8. The average Bonchev–Trinajstić information content (AvgIpc) is 1.83. The van der Waals surface area contributed by atoms with Gasteiger partial charge in [-0.2, -0.15) is 0 Å². The first-order valence-corrected chi connectivity index (χ1v) is 7.13. The molecule has 0 saturated carbocycles. The minimum absolute atomic E-state index is 0. The Balaban J connectivity index is -0.000000180. The van der Waals surface area contributed by atoms with Gasteiger partial charge in [-0.05, 0) is 11.1 Å². The van der Waals surface area contributed by atoms with Crippen LogP contribution in [0.15, 0.2) is 6.20 Å². The summed E-state index contributed by atoms with van der Waals surface area (Å²) in [6.07, 6.45) is 1.36. The molecular weight excluding hydrogens is 292 g/mol. The van der Waals surface area contributed by atoms with Crippen molar-refractivity contribution in [1.29, 1.82) is 0 Å². The van der Waals surface area contributed by atoms with Crippen molar-refractivity contribution in [2.45, 2.75) is 19.6 Å². The van der Waals surface area contributed by atoms with Gasteiger partial charge in [-0.25, -0.2) is 0 Å². The van der Waals surface area contributed by atoms with Crippen molar-refractivity contribution in [3.05, 3.63) is 6.20 Å². The molecule has 0 amide bonds. The van der Waals surface area contributed by atoms with E-state index < -0.39 is 20.0 Å². The van der Waals surface area contributed by atoms with Crippen molar-refractivity contribution >= 4 is 59.4 Å². The number of rotatable bonds is 1. The fourth-order valence-corrected chi connectivity index (χ4v) is 2.01. The van der Waals surface area contributed by atoms with Gasteiger partial charge in [0.05, 0.1) is 14.1 Å². The summed E-state index contributed by atoms with van der Waals surface area (Å²) >= 11 is 0. The fraction of sp³-hybridized carbons (Fsp3) is 0.429. The third kappa shape index (κ3) is 7.36. The maximum absolute atomic E-state index is 11.2. The second-order valence-corrected chi connectivity index (χ2v) is 8.66. The van der Waals surface area contributed by atoms with Gasteiger partial charge in [-0.1, -0.05) is 19.6 Å². The normalized spacial score (nSPS) is 8.69. The summed E-state index contributed by atoms with van der Waals surface area (Å²) in [4.78, 5) is 6.73. The molecule has 1 aromatic rings. The summed E-state index contributed by atoms with van der Waals surface area (Å²) in [7, 11) is -1.68. The standard InChI is InChI=1S/C7H12N2O2Si.2ClH.2Mg/c1-12(2,3)5-4-8-7(11)9-6(5)10;;;;/h4H,1-3H3,(H2,8,9,10,11);2*1H;;/q;;;2*+2/p-4. The Morgan fingerprint density at radius 1 is 1.06 bits per heavy atom. The van der Waals surface area contributed by atoms with Crippen LogP contribution in [-0.2, 0) is 0 Å². The van der Waals surface area contributed by atoms with Crippen molar-refractivity contribution in [2.75, 3.05) is 0 Å². The molecule has 82 valence electrons. The van der Waals surface area contributed by atoms with Gasteiger partial charge in [0.25, 0.3) is 0 Å². The van der Waals surface area contributed by atoms with Gasteiger partial charge in [-0.3, -0.25) is 9.97 Å². The SMILES string of the molecule is C[Si](C)(C)c1cnc([O-])nc1[O-].[Cl-].[Cl-].[Mg+2].[Mg+2]. The first-order chi connectivity index (χ1) is 5.41. The summed E-state index contributed by atoms with van der Waals surface area (Å²) in [5.74, 6) is -0.408. The van der Waals surface area contributed by atoms with E-state index in [0.717, 1.165) is 0 Å². The summed E-state index contributed by atoms with van der Waals surface area (Å²) in [6.45, 7) is 6.03. The quantitative estimate of drug-likeness (QED) is 0.483. The van der Waals surface area contributed by atoms with E-state index in [1.54, 1.807) is 0 Å². The van der Waals surface area contributed by atoms with Crippen molar-refractivity contribution in [2.24, 2.45) is 0 Å². The molecule has 0 saturated heterocycles. The van der Waals surface area contributed by atoms with Gasteiger partial charge >= 0.3 is 46.1 Å². The molecule has 0 aliphatic heterocycles. The second kappa shape index (κ2) is 9.98. The third-order valence-electron chi connectivity index (χ3n) is 1.54. The zero-order valence-electron chi connectivity index (χ0n) is 9.46. The molecule has 0 aliphatic carbocycles. The van der Waals surface area contributed by atoms with Crippen LogP contribution in [0.25, 0.3) is 0 Å². The first-order valence-electron chi connectivity index (χ1n) is 3.63. The molecule has 0 aliphatic rings. The second-order valence-electron chi connectivity index (χ2n) is 3.62. The van der Waals surface area contributed by atoms with E-state index in [0.29, 0.717) is 5.19 Å². The number of hydrogen-bond acceptors (Lipinski definition) is 4. The summed E-state index contributed by atoms with van der Waals surface area (Å²) in [5.41, 5.74) is 0. The zero-order chi connectivity index (χ0) is 9.35. The Kier molecular flexibility index (Phi) is 16.1. The van der Waals surface area contributed by atoms with Crippen LogP contribution in [0.1, 0.15) is 0 Å². The van der Waals surface area contributed by atoms with Crippen LogP contribution in [0.2, 0.25) is 19.6 Å². The summed E-state index contributed by atoms with van der Waals surface area (Å²) in [6, 6.07) is -0.693. The Bertz CT molecular complexity index is 313. The van der Waals surface area contributed by atoms with Crippen LogP contribution < -0.4 is 40.2 Å². The Morgan fingerprint density at radius 2 is 1.50 bits per heavy atom. The molecule has 16 heavy (non-hydrogen) atoms. The van der Waals surface area contributed by atoms with Crippen LogP contribution >= 0.6 is 0 Å². The molecule has 0 N–H and O–H groups in total. The third-order valence-corrected chi connectivity index (χ3v) is 3.50. The largest absolute Gasteiger partial charge is 2.00 e. The molecule has 0 aromatic carbocycles. The minimum Gasteiger partial charge on any atom is -1.00 e. The van der Waals surface area contributed by atoms with Crippen LogP contribution in [-0.4, -0.2) is 64.1 Å². The van der Waals surface area contributed by atoms with Crippen LogP contribution in [0.5, 0.6) is 11.9 Å². The van der Waals surface area contributed by atoms with E-state index >= 15 is 0 Å². The van der Waals surface area contributed by atoms with Gasteiger partial charge in [0, 0.05) is 6.20 Å². The number of nitrogens with zero attached hydrogens (tertiary/aromatic N) is 2. The van der Waals surface area contributed by atoms with E-state index in [4.69, 9.17) is 0 Å². The molecule has 0 atom stereocenters. The molecule has 0 radical (unpaired) electrons. The maximum atomic E-state index is 11.2. The molecule has 0 bridgehead atoms. The fourth-order valence-electron chi connectivity index (χ4n) is 0.865. The van der Waals surface area contributed by atoms with Gasteiger partial charge in [0.15, 0.2) is 0 Å². The van der Waals surface area contributed by atoms with E-state index in [1.165, 1.54) is 6.20 Å². The van der Waals surface area contributed by atoms with Gasteiger partial charge in [0.2, 0.25) is 0 Å². The maximum Gasteiger partial charge on any atom is 2.00 e. The zero-order valence-corrected chi connectivity index (χ0v) is 14.8. The van der Waals surface area contributed by atoms with Crippen molar-refractivity contribution < 1.29 is 35.0 Å². The summed E-state index contributed by atoms with van der Waals surface area (Å²) in [5, 5.41) is 22.3. The van der Waals surface area contributed by atoms with Crippen molar-refractivity contribution in [1.82, 2.24) is 9.97 Å². The molecule has 0 fully saturated rings. The van der Waals surface area contributed by atoms with Crippen LogP contribution in [0.3, 0.4) is 0 Å². The topological polar surface area (TPSA) is 71.9 Å². The molecule has 0 unspecified atom stereocenters. The predicted molar refractivity (Wildman–Crippen MR) is 55.4 cm³/mol. The van der Waals surface area contributed by atoms with Gasteiger partial charge in [0.1, 0.15) is 0 Å². The average molecular weight is 302 g/mol. The number of halogens is 2. The summed E-state index contributed by atoms with van der Waals surface area (Å²) < 4.78 is 0. The number of aromatic nitrogens is 2. The van der Waals surface area contributed by atoms with Crippen molar-refractivity contribution in [3.8, 4) is 11.9 Å². The smallest absolute Gasteiger partial charge is 1.00 e. The molecule has 1 aromatic heterocycles. The van der Waals surface area contributed by atoms with Crippen LogP contribution in [0.4, 0.5) is 0 Å². The molecule has 1 heterocycles. The van der Waals surface area contributed by atoms with E-state index in [9.17, 15) is 10.2 Å². The molecule has 1 rings (SSSR count). The van der Waals surface area contributed by atoms with E-state index in [2.05, 4.69) is 9.97 Å². The molecular formula is C7H10Cl2Mg2N2O2Si. The molecule has 0 spiro atoms. The van der Waals surface area contributed by atoms with Crippen molar-refractivity contribution in [3.63, 3.8) is 0 Å². The number of hydrogen-bond donors (Lipinski definition) is 0.